The Labute approximate surface area is 123 Å². The number of aliphatic hydroxyl groups is 1. The largest absolute Gasteiger partial charge is 0.394 e. The van der Waals surface area contributed by atoms with Gasteiger partial charge in [-0.1, -0.05) is 29.8 Å². The van der Waals surface area contributed by atoms with Crippen LogP contribution >= 0.6 is 0 Å². The molecule has 0 atom stereocenters. The molecule has 2 rings (SSSR count). The Balaban J connectivity index is 2.05. The highest BCUT2D eigenvalue weighted by Crippen LogP contribution is 2.10. The first-order valence-electron chi connectivity index (χ1n) is 6.39. The van der Waals surface area contributed by atoms with Gasteiger partial charge >= 0.3 is 0 Å². The Kier molecular flexibility index (Phi) is 4.77. The molecule has 1 heterocycles. The van der Waals surface area contributed by atoms with Crippen molar-refractivity contribution in [2.45, 2.75) is 13.5 Å². The van der Waals surface area contributed by atoms with Crippen molar-refractivity contribution in [3.05, 3.63) is 53.2 Å². The number of aliphatic hydroxyl groups excluding tert-OH is 1. The third-order valence-corrected chi connectivity index (χ3v) is 3.75. The lowest BCUT2D eigenvalue weighted by atomic mass is 10.2. The van der Waals surface area contributed by atoms with E-state index >= 15 is 0 Å². The molecule has 0 unspecified atom stereocenters. The van der Waals surface area contributed by atoms with Crippen LogP contribution in [0.3, 0.4) is 0 Å². The summed E-state index contributed by atoms with van der Waals surface area (Å²) in [5, 5.41) is 13.8. The van der Waals surface area contributed by atoms with Gasteiger partial charge in [0, 0.05) is 6.20 Å². The first kappa shape index (κ1) is 15.3. The Bertz CT molecular complexity index is 718. The van der Waals surface area contributed by atoms with Gasteiger partial charge < -0.3 is 5.11 Å². The average Bonchev–Trinajstić information content (AvgIpc) is 2.85. The second-order valence-electron chi connectivity index (χ2n) is 4.58. The van der Waals surface area contributed by atoms with E-state index in [2.05, 4.69) is 9.82 Å². The lowest BCUT2D eigenvalue weighted by molar-refractivity contribution is 0.269. The quantitative estimate of drug-likeness (QED) is 0.849. The molecule has 0 amide bonds. The van der Waals surface area contributed by atoms with Gasteiger partial charge in [-0.15, -0.1) is 0 Å². The maximum absolute atomic E-state index is 11.9. The van der Waals surface area contributed by atoms with Crippen molar-refractivity contribution in [2.24, 2.45) is 0 Å². The molecular formula is C14H17N3O3S. The van der Waals surface area contributed by atoms with E-state index in [-0.39, 0.29) is 6.61 Å². The number of hydrogen-bond acceptors (Lipinski definition) is 4. The molecule has 2 N–H and O–H groups in total. The van der Waals surface area contributed by atoms with Gasteiger partial charge in [0.2, 0.25) is 0 Å². The summed E-state index contributed by atoms with van der Waals surface area (Å²) < 4.78 is 27.7. The maximum Gasteiger partial charge on any atom is 0.255 e. The first-order valence-corrected chi connectivity index (χ1v) is 7.94. The molecule has 112 valence electrons. The molecule has 2 aromatic rings. The molecule has 7 heteroatoms. The van der Waals surface area contributed by atoms with Gasteiger partial charge in [-0.2, -0.15) is 5.10 Å². The van der Waals surface area contributed by atoms with Gasteiger partial charge in [0.25, 0.3) is 10.0 Å². The summed E-state index contributed by atoms with van der Waals surface area (Å²) in [4.78, 5) is 0. The van der Waals surface area contributed by atoms with E-state index in [1.165, 1.54) is 23.2 Å². The summed E-state index contributed by atoms with van der Waals surface area (Å²) in [6.07, 6.45) is 4.44. The average molecular weight is 307 g/mol. The van der Waals surface area contributed by atoms with Gasteiger partial charge in [-0.05, 0) is 18.6 Å². The minimum Gasteiger partial charge on any atom is -0.394 e. The summed E-state index contributed by atoms with van der Waals surface area (Å²) >= 11 is 0. The van der Waals surface area contributed by atoms with E-state index < -0.39 is 10.0 Å². The third kappa shape index (κ3) is 4.73. The Hall–Kier alpha value is -2.12. The number of benzene rings is 1. The predicted octanol–water partition coefficient (Wildman–Crippen LogP) is 1.60. The van der Waals surface area contributed by atoms with Gasteiger partial charge in [-0.3, -0.25) is 9.40 Å². The van der Waals surface area contributed by atoms with Crippen LogP contribution in [0, 0.1) is 6.92 Å². The van der Waals surface area contributed by atoms with Crippen molar-refractivity contribution >= 4 is 21.8 Å². The number of rotatable bonds is 6. The van der Waals surface area contributed by atoms with Crippen LogP contribution in [0.25, 0.3) is 6.08 Å². The van der Waals surface area contributed by atoms with E-state index in [0.29, 0.717) is 12.2 Å². The van der Waals surface area contributed by atoms with Crippen LogP contribution in [0.2, 0.25) is 0 Å². The monoisotopic (exact) mass is 307 g/mol. The highest BCUT2D eigenvalue weighted by molar-refractivity contribution is 7.95. The van der Waals surface area contributed by atoms with E-state index in [1.807, 2.05) is 31.2 Å². The fourth-order valence-electron chi connectivity index (χ4n) is 1.69. The highest BCUT2D eigenvalue weighted by Gasteiger charge is 2.07. The predicted molar refractivity (Wildman–Crippen MR) is 82.1 cm³/mol. The lowest BCUT2D eigenvalue weighted by Crippen LogP contribution is -2.08. The van der Waals surface area contributed by atoms with Crippen molar-refractivity contribution in [1.29, 1.82) is 0 Å². The smallest absolute Gasteiger partial charge is 0.255 e. The SMILES string of the molecule is Cc1ccc(C=CS(=O)(=O)Nc2cnn(CCO)c2)cc1. The molecule has 1 aromatic carbocycles. The molecule has 1 aromatic heterocycles. The summed E-state index contributed by atoms with van der Waals surface area (Å²) in [5.74, 6) is 0. The second-order valence-corrected chi connectivity index (χ2v) is 6.14. The third-order valence-electron chi connectivity index (χ3n) is 2.74. The number of nitrogens with zero attached hydrogens (tertiary/aromatic N) is 2. The summed E-state index contributed by atoms with van der Waals surface area (Å²) in [7, 11) is -3.59. The summed E-state index contributed by atoms with van der Waals surface area (Å²) in [5.41, 5.74) is 2.28. The second kappa shape index (κ2) is 6.55. The van der Waals surface area contributed by atoms with Crippen LogP contribution in [0.4, 0.5) is 5.69 Å². The topological polar surface area (TPSA) is 84.2 Å². The van der Waals surface area contributed by atoms with Gasteiger partial charge in [0.1, 0.15) is 0 Å². The van der Waals surface area contributed by atoms with Crippen LogP contribution in [0.5, 0.6) is 0 Å². The van der Waals surface area contributed by atoms with Crippen LogP contribution in [0.15, 0.2) is 42.1 Å². The number of aromatic nitrogens is 2. The zero-order valence-corrected chi connectivity index (χ0v) is 12.4. The Morgan fingerprint density at radius 2 is 2.05 bits per heavy atom. The molecule has 0 aliphatic heterocycles. The van der Waals surface area contributed by atoms with Crippen molar-refractivity contribution in [2.75, 3.05) is 11.3 Å². The Morgan fingerprint density at radius 1 is 1.33 bits per heavy atom. The van der Waals surface area contributed by atoms with E-state index in [4.69, 9.17) is 5.11 Å². The van der Waals surface area contributed by atoms with Crippen molar-refractivity contribution in [3.63, 3.8) is 0 Å². The fourth-order valence-corrected chi connectivity index (χ4v) is 2.52. The molecule has 0 fully saturated rings. The van der Waals surface area contributed by atoms with Gasteiger partial charge in [0.15, 0.2) is 0 Å². The number of hydrogen-bond donors (Lipinski definition) is 2. The molecule has 21 heavy (non-hydrogen) atoms. The van der Waals surface area contributed by atoms with Crippen molar-refractivity contribution in [3.8, 4) is 0 Å². The zero-order valence-electron chi connectivity index (χ0n) is 11.6. The van der Waals surface area contributed by atoms with E-state index in [1.54, 1.807) is 0 Å². The maximum atomic E-state index is 11.9. The molecule has 0 spiro atoms. The normalized spacial score (nSPS) is 11.9. The van der Waals surface area contributed by atoms with Crippen molar-refractivity contribution in [1.82, 2.24) is 9.78 Å². The molecule has 0 aliphatic carbocycles. The van der Waals surface area contributed by atoms with Crippen molar-refractivity contribution < 1.29 is 13.5 Å². The van der Waals surface area contributed by atoms with Gasteiger partial charge in [-0.25, -0.2) is 8.42 Å². The highest BCUT2D eigenvalue weighted by atomic mass is 32.2. The molecular weight excluding hydrogens is 290 g/mol. The number of anilines is 1. The van der Waals surface area contributed by atoms with Gasteiger partial charge in [0.05, 0.1) is 30.4 Å². The van der Waals surface area contributed by atoms with Crippen LogP contribution in [-0.2, 0) is 16.6 Å². The Morgan fingerprint density at radius 3 is 2.71 bits per heavy atom. The molecule has 6 nitrogen and oxygen atoms in total. The summed E-state index contributed by atoms with van der Waals surface area (Å²) in [6.45, 7) is 2.23. The molecule has 0 saturated heterocycles. The number of nitrogens with one attached hydrogen (secondary N) is 1. The van der Waals surface area contributed by atoms with Crippen LogP contribution in [0.1, 0.15) is 11.1 Å². The summed E-state index contributed by atoms with van der Waals surface area (Å²) in [6, 6.07) is 7.53. The lowest BCUT2D eigenvalue weighted by Gasteiger charge is -2.01. The molecule has 0 bridgehead atoms. The minimum absolute atomic E-state index is 0.0544. The van der Waals surface area contributed by atoms with E-state index in [9.17, 15) is 8.42 Å². The minimum atomic E-state index is -3.59. The standard InChI is InChI=1S/C14H17N3O3S/c1-12-2-4-13(5-3-12)6-9-21(19,20)16-14-10-15-17(11-14)7-8-18/h2-6,9-11,16,18H,7-8H2,1H3. The molecule has 0 saturated carbocycles. The fraction of sp³-hybridized carbons (Fsp3) is 0.214. The first-order chi connectivity index (χ1) is 9.98. The molecule has 0 aliphatic rings. The molecule has 0 radical (unpaired) electrons. The van der Waals surface area contributed by atoms with E-state index in [0.717, 1.165) is 16.5 Å². The van der Waals surface area contributed by atoms with Crippen LogP contribution in [-0.4, -0.2) is 29.9 Å². The number of aryl methyl sites for hydroxylation is 1. The zero-order chi connectivity index (χ0) is 15.3. The number of sulfonamides is 1. The van der Waals surface area contributed by atoms with Crippen LogP contribution < -0.4 is 4.72 Å².